The van der Waals surface area contributed by atoms with Gasteiger partial charge in [-0.15, -0.1) is 0 Å². The zero-order valence-electron chi connectivity index (χ0n) is 15.7. The molecule has 1 aliphatic rings. The molecule has 0 bridgehead atoms. The fraction of sp³-hybridized carbons (Fsp3) is 0.368. The summed E-state index contributed by atoms with van der Waals surface area (Å²) in [6.07, 6.45) is 2.13. The van der Waals surface area contributed by atoms with Gasteiger partial charge in [0.2, 0.25) is 0 Å². The summed E-state index contributed by atoms with van der Waals surface area (Å²) in [4.78, 5) is 30.9. The number of hydrogen-bond acceptors (Lipinski definition) is 7. The Hall–Kier alpha value is -3.36. The van der Waals surface area contributed by atoms with Gasteiger partial charge in [0.05, 0.1) is 17.2 Å². The molecule has 0 atom stereocenters. The van der Waals surface area contributed by atoms with Crippen LogP contribution in [0.1, 0.15) is 23.7 Å². The Balaban J connectivity index is 1.60. The first kappa shape index (κ1) is 19.4. The minimum absolute atomic E-state index is 0.0403. The van der Waals surface area contributed by atoms with Crippen LogP contribution in [-0.2, 0) is 0 Å². The summed E-state index contributed by atoms with van der Waals surface area (Å²) in [5, 5.41) is 10.7. The summed E-state index contributed by atoms with van der Waals surface area (Å²) in [5.74, 6) is 1.18. The van der Waals surface area contributed by atoms with Crippen molar-refractivity contribution in [3.05, 3.63) is 52.2 Å². The maximum atomic E-state index is 12.8. The van der Waals surface area contributed by atoms with E-state index in [1.165, 1.54) is 12.3 Å². The topological polar surface area (TPSA) is 115 Å². The Bertz CT molecular complexity index is 848. The average Bonchev–Trinajstić information content (AvgIpc) is 2.72. The third-order valence-corrected chi connectivity index (χ3v) is 4.55. The highest BCUT2D eigenvalue weighted by Gasteiger charge is 2.23. The predicted molar refractivity (Wildman–Crippen MR) is 106 cm³/mol. The highest BCUT2D eigenvalue weighted by Crippen LogP contribution is 2.24. The molecule has 2 aromatic rings. The first-order valence-electron chi connectivity index (χ1n) is 9.16. The Morgan fingerprint density at radius 1 is 1.25 bits per heavy atom. The van der Waals surface area contributed by atoms with Crippen molar-refractivity contribution in [3.8, 4) is 5.75 Å². The molecule has 1 aliphatic heterocycles. The Labute approximate surface area is 162 Å². The predicted octanol–water partition coefficient (Wildman–Crippen LogP) is 2.32. The molecular weight excluding hydrogens is 362 g/mol. The van der Waals surface area contributed by atoms with Gasteiger partial charge in [0.1, 0.15) is 17.8 Å². The zero-order chi connectivity index (χ0) is 20.1. The van der Waals surface area contributed by atoms with Crippen molar-refractivity contribution in [3.63, 3.8) is 0 Å². The molecule has 1 saturated heterocycles. The maximum absolute atomic E-state index is 12.8. The van der Waals surface area contributed by atoms with Gasteiger partial charge in [0.15, 0.2) is 0 Å². The molecule has 0 saturated carbocycles. The van der Waals surface area contributed by atoms with E-state index < -0.39 is 4.92 Å². The van der Waals surface area contributed by atoms with Gasteiger partial charge in [-0.25, -0.2) is 4.98 Å². The molecule has 0 unspecified atom stereocenters. The molecule has 1 aromatic heterocycles. The number of hydrogen-bond donors (Lipinski definition) is 1. The summed E-state index contributed by atoms with van der Waals surface area (Å²) in [6, 6.07) is 8.18. The van der Waals surface area contributed by atoms with Gasteiger partial charge in [0.25, 0.3) is 11.6 Å². The largest absolute Gasteiger partial charge is 0.491 e. The van der Waals surface area contributed by atoms with E-state index in [0.29, 0.717) is 55.6 Å². The van der Waals surface area contributed by atoms with Crippen molar-refractivity contribution in [2.75, 3.05) is 43.4 Å². The molecule has 2 N–H and O–H groups in total. The minimum atomic E-state index is -0.475. The van der Waals surface area contributed by atoms with Crippen molar-refractivity contribution in [1.82, 2.24) is 9.88 Å². The number of nitrogens with two attached hydrogens (primary N) is 1. The quantitative estimate of drug-likeness (QED) is 0.461. The second-order valence-corrected chi connectivity index (χ2v) is 6.51. The van der Waals surface area contributed by atoms with Crippen LogP contribution in [0.15, 0.2) is 36.5 Å². The molecule has 28 heavy (non-hydrogen) atoms. The van der Waals surface area contributed by atoms with Crippen LogP contribution in [0.2, 0.25) is 0 Å². The van der Waals surface area contributed by atoms with Crippen LogP contribution in [0.5, 0.6) is 5.75 Å². The molecule has 3 rings (SSSR count). The van der Waals surface area contributed by atoms with Gasteiger partial charge < -0.3 is 20.3 Å². The van der Waals surface area contributed by atoms with Crippen molar-refractivity contribution in [1.29, 1.82) is 0 Å². The Kier molecular flexibility index (Phi) is 5.93. The minimum Gasteiger partial charge on any atom is -0.491 e. The van der Waals surface area contributed by atoms with E-state index in [4.69, 9.17) is 10.5 Å². The van der Waals surface area contributed by atoms with E-state index in [0.717, 1.165) is 6.42 Å². The molecule has 9 nitrogen and oxygen atoms in total. The summed E-state index contributed by atoms with van der Waals surface area (Å²) in [5.41, 5.74) is 6.94. The third-order valence-electron chi connectivity index (χ3n) is 4.55. The summed E-state index contributed by atoms with van der Waals surface area (Å²) < 4.78 is 5.55. The molecule has 9 heteroatoms. The first-order valence-corrected chi connectivity index (χ1v) is 9.16. The zero-order valence-corrected chi connectivity index (χ0v) is 15.7. The summed E-state index contributed by atoms with van der Waals surface area (Å²) >= 11 is 0. The molecule has 2 heterocycles. The lowest BCUT2D eigenvalue weighted by Crippen LogP contribution is -2.49. The number of benzene rings is 1. The number of aromatic nitrogens is 1. The number of piperazine rings is 1. The van der Waals surface area contributed by atoms with Gasteiger partial charge in [0, 0.05) is 37.8 Å². The lowest BCUT2D eigenvalue weighted by molar-refractivity contribution is -0.385. The lowest BCUT2D eigenvalue weighted by atomic mass is 10.1. The third kappa shape index (κ3) is 4.30. The average molecular weight is 385 g/mol. The van der Waals surface area contributed by atoms with E-state index in [1.807, 2.05) is 11.8 Å². The molecule has 0 radical (unpaired) electrons. The highest BCUT2D eigenvalue weighted by molar-refractivity contribution is 5.95. The number of rotatable bonds is 6. The highest BCUT2D eigenvalue weighted by atomic mass is 16.6. The Morgan fingerprint density at radius 3 is 2.57 bits per heavy atom. The number of nitrogen functional groups attached to an aromatic ring is 1. The van der Waals surface area contributed by atoms with Crippen LogP contribution >= 0.6 is 0 Å². The Morgan fingerprint density at radius 2 is 2.00 bits per heavy atom. The number of ether oxygens (including phenoxy) is 1. The van der Waals surface area contributed by atoms with Crippen molar-refractivity contribution < 1.29 is 14.5 Å². The number of pyridine rings is 1. The smallest absolute Gasteiger partial charge is 0.287 e. The number of carbonyl (C=O) groups is 1. The standard InChI is InChI=1S/C19H23N5O4/c1-2-11-28-17-5-3-14(12-16(17)20)19(25)23-9-7-22(8-10-23)18-6-4-15(13-21-18)24(26)27/h3-6,12-13H,2,7-11,20H2,1H3. The van der Waals surface area contributed by atoms with Crippen molar-refractivity contribution in [2.24, 2.45) is 0 Å². The molecule has 148 valence electrons. The lowest BCUT2D eigenvalue weighted by Gasteiger charge is -2.35. The maximum Gasteiger partial charge on any atom is 0.287 e. The molecule has 0 spiro atoms. The summed E-state index contributed by atoms with van der Waals surface area (Å²) in [7, 11) is 0. The SMILES string of the molecule is CCCOc1ccc(C(=O)N2CCN(c3ccc([N+](=O)[O-])cn3)CC2)cc1N. The van der Waals surface area contributed by atoms with Crippen LogP contribution in [0.25, 0.3) is 0 Å². The van der Waals surface area contributed by atoms with Crippen molar-refractivity contribution in [2.45, 2.75) is 13.3 Å². The monoisotopic (exact) mass is 385 g/mol. The van der Waals surface area contributed by atoms with Gasteiger partial charge in [-0.05, 0) is 30.7 Å². The number of nitro groups is 1. The van der Waals surface area contributed by atoms with E-state index >= 15 is 0 Å². The summed E-state index contributed by atoms with van der Waals surface area (Å²) in [6.45, 7) is 4.86. The number of amides is 1. The van der Waals surface area contributed by atoms with E-state index in [2.05, 4.69) is 4.98 Å². The van der Waals surface area contributed by atoms with Crippen LogP contribution in [0.4, 0.5) is 17.2 Å². The second kappa shape index (κ2) is 8.55. The number of nitrogens with zero attached hydrogens (tertiary/aromatic N) is 4. The van der Waals surface area contributed by atoms with E-state index in [9.17, 15) is 14.9 Å². The van der Waals surface area contributed by atoms with Crippen LogP contribution in [0.3, 0.4) is 0 Å². The van der Waals surface area contributed by atoms with Crippen LogP contribution in [0, 0.1) is 10.1 Å². The van der Waals surface area contributed by atoms with E-state index in [-0.39, 0.29) is 11.6 Å². The van der Waals surface area contributed by atoms with E-state index in [1.54, 1.807) is 29.2 Å². The van der Waals surface area contributed by atoms with Crippen molar-refractivity contribution >= 4 is 23.1 Å². The number of anilines is 2. The van der Waals surface area contributed by atoms with Gasteiger partial charge in [-0.1, -0.05) is 6.92 Å². The van der Waals surface area contributed by atoms with Crippen LogP contribution < -0.4 is 15.4 Å². The number of carbonyl (C=O) groups excluding carboxylic acids is 1. The molecule has 1 aromatic carbocycles. The molecule has 0 aliphatic carbocycles. The van der Waals surface area contributed by atoms with Crippen LogP contribution in [-0.4, -0.2) is 53.5 Å². The van der Waals surface area contributed by atoms with Gasteiger partial charge in [-0.3, -0.25) is 14.9 Å². The molecule has 1 fully saturated rings. The molecular formula is C19H23N5O4. The molecule has 1 amide bonds. The van der Waals surface area contributed by atoms with Gasteiger partial charge in [-0.2, -0.15) is 0 Å². The fourth-order valence-electron chi connectivity index (χ4n) is 3.02. The fourth-order valence-corrected chi connectivity index (χ4v) is 3.02. The second-order valence-electron chi connectivity index (χ2n) is 6.51. The normalized spacial score (nSPS) is 14.0. The first-order chi connectivity index (χ1) is 13.5. The van der Waals surface area contributed by atoms with Gasteiger partial charge >= 0.3 is 0 Å².